The zero-order chi connectivity index (χ0) is 14.5. The van der Waals surface area contributed by atoms with Gasteiger partial charge in [-0.2, -0.15) is 0 Å². The first kappa shape index (κ1) is 15.3. The average Bonchev–Trinajstić information content (AvgIpc) is 2.47. The molecular weight excluding hydrogens is 248 g/mol. The van der Waals surface area contributed by atoms with Gasteiger partial charge in [-0.1, -0.05) is 6.92 Å². The van der Waals surface area contributed by atoms with Crippen molar-refractivity contribution in [3.8, 4) is 0 Å². The molecule has 112 valence electrons. The fraction of sp³-hybridized carbons (Fsp3) is 0.688. The van der Waals surface area contributed by atoms with E-state index < -0.39 is 0 Å². The highest BCUT2D eigenvalue weighted by atomic mass is 15.1. The van der Waals surface area contributed by atoms with E-state index in [4.69, 9.17) is 5.73 Å². The zero-order valence-electron chi connectivity index (χ0n) is 13.0. The van der Waals surface area contributed by atoms with Gasteiger partial charge in [-0.05, 0) is 51.4 Å². The number of nitrogens with two attached hydrogens (primary N) is 1. The van der Waals surface area contributed by atoms with Crippen molar-refractivity contribution in [2.45, 2.75) is 32.2 Å². The highest BCUT2D eigenvalue weighted by Gasteiger charge is 2.20. The summed E-state index contributed by atoms with van der Waals surface area (Å²) in [5, 5.41) is 0. The molecule has 1 saturated heterocycles. The molecule has 0 radical (unpaired) electrons. The van der Waals surface area contributed by atoms with Gasteiger partial charge in [-0.3, -0.25) is 4.98 Å². The van der Waals surface area contributed by atoms with Crippen LogP contribution in [0.3, 0.4) is 0 Å². The number of aromatic nitrogens is 1. The zero-order valence-corrected chi connectivity index (χ0v) is 13.0. The number of pyridine rings is 1. The molecule has 1 aliphatic rings. The molecule has 0 aliphatic carbocycles. The van der Waals surface area contributed by atoms with Crippen LogP contribution in [0.5, 0.6) is 0 Å². The second kappa shape index (κ2) is 7.04. The molecule has 0 unspecified atom stereocenters. The first-order valence-electron chi connectivity index (χ1n) is 7.71. The Morgan fingerprint density at radius 1 is 1.35 bits per heavy atom. The summed E-state index contributed by atoms with van der Waals surface area (Å²) in [6.45, 7) is 5.57. The van der Waals surface area contributed by atoms with Gasteiger partial charge in [-0.15, -0.1) is 0 Å². The minimum absolute atomic E-state index is 0.0647. The fourth-order valence-corrected chi connectivity index (χ4v) is 2.90. The third kappa shape index (κ3) is 3.93. The van der Waals surface area contributed by atoms with E-state index in [0.717, 1.165) is 31.1 Å². The smallest absolute Gasteiger partial charge is 0.0572 e. The fourth-order valence-electron chi connectivity index (χ4n) is 2.90. The standard InChI is InChI=1S/C16H28N4/c1-4-15(17)16-6-5-14(11-18-16)20-9-7-13(8-10-20)12-19(2)3/h5-6,11,13,15H,4,7-10,12,17H2,1-3H3/t15-/m1/s1. The molecule has 20 heavy (non-hydrogen) atoms. The molecule has 1 aromatic rings. The maximum absolute atomic E-state index is 6.01. The Morgan fingerprint density at radius 2 is 2.05 bits per heavy atom. The van der Waals surface area contributed by atoms with Crippen LogP contribution < -0.4 is 10.6 Å². The first-order chi connectivity index (χ1) is 9.60. The lowest BCUT2D eigenvalue weighted by molar-refractivity contribution is 0.285. The van der Waals surface area contributed by atoms with E-state index in [-0.39, 0.29) is 6.04 Å². The molecule has 0 bridgehead atoms. The number of piperidine rings is 1. The van der Waals surface area contributed by atoms with Crippen molar-refractivity contribution in [2.75, 3.05) is 38.6 Å². The van der Waals surface area contributed by atoms with E-state index in [1.165, 1.54) is 25.1 Å². The van der Waals surface area contributed by atoms with Gasteiger partial charge in [-0.25, -0.2) is 0 Å². The molecule has 1 atom stereocenters. The summed E-state index contributed by atoms with van der Waals surface area (Å²) >= 11 is 0. The van der Waals surface area contributed by atoms with Gasteiger partial charge in [0.05, 0.1) is 17.6 Å². The summed E-state index contributed by atoms with van der Waals surface area (Å²) < 4.78 is 0. The van der Waals surface area contributed by atoms with E-state index in [1.54, 1.807) is 0 Å². The highest BCUT2D eigenvalue weighted by molar-refractivity contribution is 5.45. The average molecular weight is 276 g/mol. The third-order valence-corrected chi connectivity index (χ3v) is 4.19. The van der Waals surface area contributed by atoms with Gasteiger partial charge in [0.25, 0.3) is 0 Å². The Morgan fingerprint density at radius 3 is 2.55 bits per heavy atom. The van der Waals surface area contributed by atoms with E-state index in [2.05, 4.69) is 47.9 Å². The number of rotatable bonds is 5. The second-order valence-electron chi connectivity index (χ2n) is 6.15. The van der Waals surface area contributed by atoms with E-state index >= 15 is 0 Å². The number of anilines is 1. The van der Waals surface area contributed by atoms with Crippen LogP contribution in [0.25, 0.3) is 0 Å². The first-order valence-corrected chi connectivity index (χ1v) is 7.71. The molecule has 4 heteroatoms. The lowest BCUT2D eigenvalue weighted by Crippen LogP contribution is -2.37. The molecule has 0 aromatic carbocycles. The molecule has 0 spiro atoms. The van der Waals surface area contributed by atoms with E-state index in [0.29, 0.717) is 0 Å². The van der Waals surface area contributed by atoms with Gasteiger partial charge < -0.3 is 15.5 Å². The number of nitrogens with zero attached hydrogens (tertiary/aromatic N) is 3. The summed E-state index contributed by atoms with van der Waals surface area (Å²) in [6.07, 6.45) is 5.46. The van der Waals surface area contributed by atoms with Crippen molar-refractivity contribution < 1.29 is 0 Å². The topological polar surface area (TPSA) is 45.4 Å². The largest absolute Gasteiger partial charge is 0.370 e. The van der Waals surface area contributed by atoms with Crippen LogP contribution in [0.4, 0.5) is 5.69 Å². The van der Waals surface area contributed by atoms with Crippen molar-refractivity contribution >= 4 is 5.69 Å². The Balaban J connectivity index is 1.90. The van der Waals surface area contributed by atoms with Gasteiger partial charge >= 0.3 is 0 Å². The minimum Gasteiger partial charge on any atom is -0.370 e. The quantitative estimate of drug-likeness (QED) is 0.896. The van der Waals surface area contributed by atoms with Crippen LogP contribution in [-0.2, 0) is 0 Å². The molecule has 1 fully saturated rings. The third-order valence-electron chi connectivity index (χ3n) is 4.19. The summed E-state index contributed by atoms with van der Waals surface area (Å²) in [4.78, 5) is 9.26. The van der Waals surface area contributed by atoms with Crippen molar-refractivity contribution in [1.82, 2.24) is 9.88 Å². The molecular formula is C16H28N4. The lowest BCUT2D eigenvalue weighted by Gasteiger charge is -2.34. The Kier molecular flexibility index (Phi) is 5.38. The van der Waals surface area contributed by atoms with Crippen molar-refractivity contribution in [3.63, 3.8) is 0 Å². The molecule has 4 nitrogen and oxygen atoms in total. The van der Waals surface area contributed by atoms with Crippen molar-refractivity contribution in [2.24, 2.45) is 11.7 Å². The normalized spacial score (nSPS) is 18.6. The van der Waals surface area contributed by atoms with Crippen LogP contribution in [0, 0.1) is 5.92 Å². The number of hydrogen-bond acceptors (Lipinski definition) is 4. The number of hydrogen-bond donors (Lipinski definition) is 1. The molecule has 2 N–H and O–H groups in total. The Labute approximate surface area is 123 Å². The summed E-state index contributed by atoms with van der Waals surface area (Å²) in [7, 11) is 4.32. The molecule has 1 aromatic heterocycles. The maximum atomic E-state index is 6.01. The Bertz CT molecular complexity index is 393. The predicted molar refractivity (Wildman–Crippen MR) is 84.9 cm³/mol. The predicted octanol–water partition coefficient (Wildman–Crippen LogP) is 2.27. The summed E-state index contributed by atoms with van der Waals surface area (Å²) in [5.74, 6) is 0.835. The van der Waals surface area contributed by atoms with Crippen LogP contribution >= 0.6 is 0 Å². The maximum Gasteiger partial charge on any atom is 0.0572 e. The van der Waals surface area contributed by atoms with Crippen molar-refractivity contribution in [1.29, 1.82) is 0 Å². The highest BCUT2D eigenvalue weighted by Crippen LogP contribution is 2.24. The van der Waals surface area contributed by atoms with Crippen LogP contribution in [0.2, 0.25) is 0 Å². The monoisotopic (exact) mass is 276 g/mol. The molecule has 1 aliphatic heterocycles. The SMILES string of the molecule is CC[C@@H](N)c1ccc(N2CCC(CN(C)C)CC2)cn1. The van der Waals surface area contributed by atoms with E-state index in [1.807, 2.05) is 6.20 Å². The van der Waals surface area contributed by atoms with Crippen LogP contribution in [0.15, 0.2) is 18.3 Å². The lowest BCUT2D eigenvalue weighted by atomic mass is 9.96. The minimum atomic E-state index is 0.0647. The molecule has 2 heterocycles. The van der Waals surface area contributed by atoms with Gasteiger partial charge in [0.1, 0.15) is 0 Å². The van der Waals surface area contributed by atoms with Gasteiger partial charge in [0.2, 0.25) is 0 Å². The van der Waals surface area contributed by atoms with Crippen LogP contribution in [-0.4, -0.2) is 43.6 Å². The van der Waals surface area contributed by atoms with Gasteiger partial charge in [0.15, 0.2) is 0 Å². The second-order valence-corrected chi connectivity index (χ2v) is 6.15. The molecule has 0 amide bonds. The molecule has 0 saturated carbocycles. The van der Waals surface area contributed by atoms with Crippen LogP contribution in [0.1, 0.15) is 37.9 Å². The van der Waals surface area contributed by atoms with E-state index in [9.17, 15) is 0 Å². The van der Waals surface area contributed by atoms with Crippen molar-refractivity contribution in [3.05, 3.63) is 24.0 Å². The van der Waals surface area contributed by atoms with Gasteiger partial charge in [0, 0.05) is 25.7 Å². The summed E-state index contributed by atoms with van der Waals surface area (Å²) in [5.41, 5.74) is 8.24. The Hall–Kier alpha value is -1.13. The molecule has 2 rings (SSSR count). The summed E-state index contributed by atoms with van der Waals surface area (Å²) in [6, 6.07) is 4.31.